The van der Waals surface area contributed by atoms with Gasteiger partial charge in [-0.15, -0.1) is 0 Å². The maximum Gasteiger partial charge on any atom is 0.0712 e. The number of aryl methyl sites for hydroxylation is 3. The molecule has 0 saturated heterocycles. The van der Waals surface area contributed by atoms with E-state index in [-0.39, 0.29) is 6.61 Å². The molecule has 90 valence electrons. The fourth-order valence-electron chi connectivity index (χ4n) is 2.20. The van der Waals surface area contributed by atoms with Crippen LogP contribution in [0.3, 0.4) is 0 Å². The van der Waals surface area contributed by atoms with Crippen molar-refractivity contribution >= 4 is 0 Å². The fraction of sp³-hybridized carbons (Fsp3) is 0.357. The van der Waals surface area contributed by atoms with Crippen LogP contribution in [0.4, 0.5) is 0 Å². The molecule has 17 heavy (non-hydrogen) atoms. The lowest BCUT2D eigenvalue weighted by atomic mass is 10.00. The predicted molar refractivity (Wildman–Crippen MR) is 67.9 cm³/mol. The van der Waals surface area contributed by atoms with Gasteiger partial charge in [-0.3, -0.25) is 4.68 Å². The number of nitrogens with zero attached hydrogens (tertiary/aromatic N) is 2. The maximum atomic E-state index is 9.01. The van der Waals surface area contributed by atoms with Crippen LogP contribution in [0.5, 0.6) is 0 Å². The van der Waals surface area contributed by atoms with E-state index in [1.807, 2.05) is 10.9 Å². The third-order valence-corrected chi connectivity index (χ3v) is 3.03. The van der Waals surface area contributed by atoms with Gasteiger partial charge in [-0.1, -0.05) is 17.7 Å². The zero-order chi connectivity index (χ0) is 12.4. The molecule has 0 saturated carbocycles. The molecule has 0 amide bonds. The van der Waals surface area contributed by atoms with Crippen molar-refractivity contribution in [3.8, 4) is 0 Å². The first-order valence-corrected chi connectivity index (χ1v) is 5.79. The Labute approximate surface area is 102 Å². The quantitative estimate of drug-likeness (QED) is 0.879. The van der Waals surface area contributed by atoms with E-state index in [1.54, 1.807) is 6.20 Å². The Hall–Kier alpha value is -1.61. The molecule has 0 spiro atoms. The summed E-state index contributed by atoms with van der Waals surface area (Å²) < 4.78 is 1.87. The van der Waals surface area contributed by atoms with Gasteiger partial charge in [0.1, 0.15) is 0 Å². The van der Waals surface area contributed by atoms with Gasteiger partial charge in [-0.05, 0) is 37.5 Å². The lowest BCUT2D eigenvalue weighted by molar-refractivity contribution is 0.281. The molecule has 0 fully saturated rings. The number of rotatable bonds is 3. The highest BCUT2D eigenvalue weighted by molar-refractivity contribution is 5.37. The van der Waals surface area contributed by atoms with Gasteiger partial charge in [0.25, 0.3) is 0 Å². The van der Waals surface area contributed by atoms with Crippen molar-refractivity contribution in [3.05, 3.63) is 52.3 Å². The number of aliphatic hydroxyl groups is 1. The predicted octanol–water partition coefficient (Wildman–Crippen LogP) is 2.35. The van der Waals surface area contributed by atoms with Gasteiger partial charge in [0.15, 0.2) is 0 Å². The number of aliphatic hydroxyl groups excluding tert-OH is 1. The Morgan fingerprint density at radius 2 is 1.82 bits per heavy atom. The molecule has 1 heterocycles. The molecular formula is C14H18N2O. The largest absolute Gasteiger partial charge is 0.392 e. The van der Waals surface area contributed by atoms with E-state index in [0.29, 0.717) is 0 Å². The third kappa shape index (κ3) is 2.56. The molecule has 2 rings (SSSR count). The number of aromatic nitrogens is 2. The highest BCUT2D eigenvalue weighted by atomic mass is 16.3. The SMILES string of the molecule is Cc1cc(C)c(Cn2cc(CO)cn2)c(C)c1. The van der Waals surface area contributed by atoms with Gasteiger partial charge in [0.2, 0.25) is 0 Å². The van der Waals surface area contributed by atoms with Gasteiger partial charge in [0.05, 0.1) is 19.3 Å². The van der Waals surface area contributed by atoms with Crippen LogP contribution in [0.25, 0.3) is 0 Å². The van der Waals surface area contributed by atoms with Gasteiger partial charge in [-0.2, -0.15) is 5.10 Å². The van der Waals surface area contributed by atoms with E-state index in [9.17, 15) is 0 Å². The molecular weight excluding hydrogens is 212 g/mol. The zero-order valence-corrected chi connectivity index (χ0v) is 10.6. The van der Waals surface area contributed by atoms with Crippen molar-refractivity contribution < 1.29 is 5.11 Å². The van der Waals surface area contributed by atoms with Crippen LogP contribution in [-0.2, 0) is 13.2 Å². The summed E-state index contributed by atoms with van der Waals surface area (Å²) in [6.07, 6.45) is 3.59. The van der Waals surface area contributed by atoms with Crippen LogP contribution < -0.4 is 0 Å². The first-order chi connectivity index (χ1) is 8.10. The molecule has 1 N–H and O–H groups in total. The number of hydrogen-bond acceptors (Lipinski definition) is 2. The first kappa shape index (κ1) is 11.9. The van der Waals surface area contributed by atoms with E-state index >= 15 is 0 Å². The van der Waals surface area contributed by atoms with E-state index < -0.39 is 0 Å². The summed E-state index contributed by atoms with van der Waals surface area (Å²) in [7, 11) is 0. The molecule has 0 aliphatic heterocycles. The van der Waals surface area contributed by atoms with Crippen molar-refractivity contribution in [3.63, 3.8) is 0 Å². The highest BCUT2D eigenvalue weighted by Gasteiger charge is 2.05. The molecule has 2 aromatic rings. The standard InChI is InChI=1S/C14H18N2O/c1-10-4-11(2)14(12(3)5-10)8-16-7-13(9-17)6-15-16/h4-7,17H,8-9H2,1-3H3. The molecule has 0 aliphatic rings. The second-order valence-corrected chi connectivity index (χ2v) is 4.58. The van der Waals surface area contributed by atoms with Crippen LogP contribution >= 0.6 is 0 Å². The Kier molecular flexibility index (Phi) is 3.29. The number of hydrogen-bond donors (Lipinski definition) is 1. The van der Waals surface area contributed by atoms with Crippen molar-refractivity contribution in [2.24, 2.45) is 0 Å². The van der Waals surface area contributed by atoms with E-state index in [2.05, 4.69) is 38.0 Å². The van der Waals surface area contributed by atoms with Gasteiger partial charge < -0.3 is 5.11 Å². The van der Waals surface area contributed by atoms with E-state index in [0.717, 1.165) is 12.1 Å². The molecule has 0 bridgehead atoms. The Bertz CT molecular complexity index is 506. The second-order valence-electron chi connectivity index (χ2n) is 4.58. The molecule has 0 radical (unpaired) electrons. The molecule has 0 aliphatic carbocycles. The normalized spacial score (nSPS) is 10.8. The molecule has 0 atom stereocenters. The summed E-state index contributed by atoms with van der Waals surface area (Å²) >= 11 is 0. The van der Waals surface area contributed by atoms with Gasteiger partial charge in [0, 0.05) is 11.8 Å². The van der Waals surface area contributed by atoms with Crippen LogP contribution in [0.15, 0.2) is 24.5 Å². The molecule has 0 unspecified atom stereocenters. The Morgan fingerprint density at radius 1 is 1.18 bits per heavy atom. The minimum Gasteiger partial charge on any atom is -0.392 e. The van der Waals surface area contributed by atoms with Gasteiger partial charge in [-0.25, -0.2) is 0 Å². The van der Waals surface area contributed by atoms with E-state index in [4.69, 9.17) is 5.11 Å². The smallest absolute Gasteiger partial charge is 0.0712 e. The van der Waals surface area contributed by atoms with Crippen molar-refractivity contribution in [2.75, 3.05) is 0 Å². The average molecular weight is 230 g/mol. The summed E-state index contributed by atoms with van der Waals surface area (Å²) in [4.78, 5) is 0. The van der Waals surface area contributed by atoms with Crippen molar-refractivity contribution in [1.29, 1.82) is 0 Å². The monoisotopic (exact) mass is 230 g/mol. The minimum atomic E-state index is 0.0475. The maximum absolute atomic E-state index is 9.01. The Balaban J connectivity index is 2.29. The highest BCUT2D eigenvalue weighted by Crippen LogP contribution is 2.17. The minimum absolute atomic E-state index is 0.0475. The van der Waals surface area contributed by atoms with Gasteiger partial charge >= 0.3 is 0 Å². The summed E-state index contributed by atoms with van der Waals surface area (Å²) in [6, 6.07) is 4.39. The summed E-state index contributed by atoms with van der Waals surface area (Å²) in [6.45, 7) is 7.18. The summed E-state index contributed by atoms with van der Waals surface area (Å²) in [5.41, 5.74) is 6.04. The summed E-state index contributed by atoms with van der Waals surface area (Å²) in [5.74, 6) is 0. The summed E-state index contributed by atoms with van der Waals surface area (Å²) in [5, 5.41) is 13.3. The third-order valence-electron chi connectivity index (χ3n) is 3.03. The van der Waals surface area contributed by atoms with E-state index in [1.165, 1.54) is 22.3 Å². The van der Waals surface area contributed by atoms with Crippen LogP contribution in [0.1, 0.15) is 27.8 Å². The van der Waals surface area contributed by atoms with Crippen LogP contribution in [0.2, 0.25) is 0 Å². The number of benzene rings is 1. The lowest BCUT2D eigenvalue weighted by Gasteiger charge is -2.11. The molecule has 1 aromatic heterocycles. The Morgan fingerprint density at radius 3 is 2.35 bits per heavy atom. The van der Waals surface area contributed by atoms with Crippen molar-refractivity contribution in [1.82, 2.24) is 9.78 Å². The van der Waals surface area contributed by atoms with Crippen molar-refractivity contribution in [2.45, 2.75) is 33.9 Å². The van der Waals surface area contributed by atoms with Crippen LogP contribution in [-0.4, -0.2) is 14.9 Å². The zero-order valence-electron chi connectivity index (χ0n) is 10.6. The average Bonchev–Trinajstić information content (AvgIpc) is 2.71. The lowest BCUT2D eigenvalue weighted by Crippen LogP contribution is -2.04. The molecule has 3 nitrogen and oxygen atoms in total. The second kappa shape index (κ2) is 4.72. The van der Waals surface area contributed by atoms with Crippen LogP contribution in [0, 0.1) is 20.8 Å². The molecule has 3 heteroatoms. The first-order valence-electron chi connectivity index (χ1n) is 5.79. The fourth-order valence-corrected chi connectivity index (χ4v) is 2.20. The molecule has 1 aromatic carbocycles. The topological polar surface area (TPSA) is 38.0 Å².